The van der Waals surface area contributed by atoms with Crippen molar-refractivity contribution in [3.05, 3.63) is 130 Å². The zero-order valence-corrected chi connectivity index (χ0v) is 26.4. The van der Waals surface area contributed by atoms with Crippen molar-refractivity contribution in [2.24, 2.45) is 0 Å². The molecule has 15 heteroatoms. The Labute approximate surface area is 277 Å². The monoisotopic (exact) mass is 679 g/mol. The molecular weight excluding hydrogens is 654 g/mol. The molecular formula is C34H25N5O9S. The van der Waals surface area contributed by atoms with E-state index in [0.717, 1.165) is 17.7 Å². The van der Waals surface area contributed by atoms with Gasteiger partial charge in [-0.1, -0.05) is 59.8 Å². The first kappa shape index (κ1) is 31.3. The molecule has 3 heterocycles. The second kappa shape index (κ2) is 12.7. The number of benzene rings is 4. The average Bonchev–Trinajstić information content (AvgIpc) is 3.55. The highest BCUT2D eigenvalue weighted by molar-refractivity contribution is 7.81. The highest BCUT2D eigenvalue weighted by Gasteiger charge is 2.18. The summed E-state index contributed by atoms with van der Waals surface area (Å²) < 4.78 is 56.4. The summed E-state index contributed by atoms with van der Waals surface area (Å²) >= 11 is 0. The van der Waals surface area contributed by atoms with Crippen LogP contribution in [0.15, 0.2) is 117 Å². The quantitative estimate of drug-likeness (QED) is 0.197. The van der Waals surface area contributed by atoms with Crippen LogP contribution in [-0.2, 0) is 23.7 Å². The number of rotatable bonds is 10. The second-order valence-electron chi connectivity index (χ2n) is 10.7. The molecule has 0 aliphatic heterocycles. The predicted molar refractivity (Wildman–Crippen MR) is 178 cm³/mol. The number of methoxy groups -OCH3 is 1. The third-order valence-electron chi connectivity index (χ3n) is 7.46. The molecule has 0 bridgehead atoms. The molecule has 0 saturated heterocycles. The molecule has 0 amide bonds. The Balaban J connectivity index is 1.13. The lowest BCUT2D eigenvalue weighted by Gasteiger charge is -2.13. The van der Waals surface area contributed by atoms with Gasteiger partial charge in [-0.15, -0.1) is 5.10 Å². The summed E-state index contributed by atoms with van der Waals surface area (Å²) in [7, 11) is -3.54. The summed E-state index contributed by atoms with van der Waals surface area (Å²) in [6.45, 7) is 0.0984. The van der Waals surface area contributed by atoms with E-state index in [1.165, 1.54) is 17.9 Å². The maximum absolute atomic E-state index is 13.6. The SMILES string of the molecule is COc1cc(OS(=O)(=O)O)cc2oc(-c3cccc(OCc4cn(Cn5c(-c6ccccc6)nc6ccccc6c5=O)nn4)c3)cc(=O)c12. The van der Waals surface area contributed by atoms with Gasteiger partial charge in [0.25, 0.3) is 5.56 Å². The van der Waals surface area contributed by atoms with E-state index in [-0.39, 0.29) is 47.1 Å². The Bertz CT molecular complexity index is 2580. The molecule has 49 heavy (non-hydrogen) atoms. The number of para-hydroxylation sites is 1. The fourth-order valence-corrected chi connectivity index (χ4v) is 5.66. The summed E-state index contributed by atoms with van der Waals surface area (Å²) in [4.78, 5) is 31.4. The van der Waals surface area contributed by atoms with Crippen molar-refractivity contribution in [2.75, 3.05) is 7.11 Å². The summed E-state index contributed by atoms with van der Waals surface area (Å²) in [6, 6.07) is 26.9. The van der Waals surface area contributed by atoms with Crippen LogP contribution in [0.25, 0.3) is 44.6 Å². The smallest absolute Gasteiger partial charge is 0.446 e. The average molecular weight is 680 g/mol. The van der Waals surface area contributed by atoms with Crippen LogP contribution in [0.1, 0.15) is 5.69 Å². The molecule has 0 radical (unpaired) electrons. The maximum Gasteiger partial charge on any atom is 0.446 e. The molecule has 7 rings (SSSR count). The van der Waals surface area contributed by atoms with Crippen molar-refractivity contribution in [3.63, 3.8) is 0 Å². The Morgan fingerprint density at radius 1 is 0.878 bits per heavy atom. The molecule has 3 aromatic heterocycles. The molecule has 246 valence electrons. The van der Waals surface area contributed by atoms with Gasteiger partial charge in [0.2, 0.25) is 0 Å². The van der Waals surface area contributed by atoms with Crippen molar-refractivity contribution in [1.82, 2.24) is 24.5 Å². The molecule has 0 saturated carbocycles. The summed E-state index contributed by atoms with van der Waals surface area (Å²) in [5.41, 5.74) is 1.65. The van der Waals surface area contributed by atoms with Crippen LogP contribution in [0.3, 0.4) is 0 Å². The zero-order valence-electron chi connectivity index (χ0n) is 25.6. The van der Waals surface area contributed by atoms with Crippen molar-refractivity contribution < 1.29 is 31.0 Å². The van der Waals surface area contributed by atoms with E-state index in [1.54, 1.807) is 53.2 Å². The number of fused-ring (bicyclic) bond motifs is 2. The van der Waals surface area contributed by atoms with E-state index >= 15 is 0 Å². The number of hydrogen-bond donors (Lipinski definition) is 1. The van der Waals surface area contributed by atoms with Crippen molar-refractivity contribution in [2.45, 2.75) is 13.3 Å². The molecule has 0 fully saturated rings. The highest BCUT2D eigenvalue weighted by Crippen LogP contribution is 2.33. The van der Waals surface area contributed by atoms with Gasteiger partial charge < -0.3 is 18.1 Å². The van der Waals surface area contributed by atoms with Gasteiger partial charge in [-0.05, 0) is 24.3 Å². The van der Waals surface area contributed by atoms with Gasteiger partial charge >= 0.3 is 10.4 Å². The lowest BCUT2D eigenvalue weighted by Crippen LogP contribution is -2.27. The third-order valence-corrected chi connectivity index (χ3v) is 7.86. The number of nitrogens with zero attached hydrogens (tertiary/aromatic N) is 5. The van der Waals surface area contributed by atoms with Crippen LogP contribution >= 0.6 is 0 Å². The van der Waals surface area contributed by atoms with Gasteiger partial charge in [0.05, 0.1) is 24.2 Å². The second-order valence-corrected chi connectivity index (χ2v) is 11.8. The normalized spacial score (nSPS) is 11.6. The van der Waals surface area contributed by atoms with Gasteiger partial charge in [-0.2, -0.15) is 8.42 Å². The molecule has 0 unspecified atom stereocenters. The molecule has 14 nitrogen and oxygen atoms in total. The predicted octanol–water partition coefficient (Wildman–Crippen LogP) is 4.70. The molecule has 0 atom stereocenters. The lowest BCUT2D eigenvalue weighted by atomic mass is 10.1. The molecule has 0 spiro atoms. The van der Waals surface area contributed by atoms with E-state index < -0.39 is 15.8 Å². The van der Waals surface area contributed by atoms with Crippen LogP contribution in [0, 0.1) is 0 Å². The Kier molecular flexibility index (Phi) is 8.11. The van der Waals surface area contributed by atoms with Gasteiger partial charge in [0, 0.05) is 29.3 Å². The van der Waals surface area contributed by atoms with Crippen LogP contribution in [0.2, 0.25) is 0 Å². The van der Waals surface area contributed by atoms with Crippen LogP contribution in [0.5, 0.6) is 17.2 Å². The first-order valence-electron chi connectivity index (χ1n) is 14.7. The Hall–Kier alpha value is -6.32. The summed E-state index contributed by atoms with van der Waals surface area (Å²) in [5, 5.41) is 8.95. The standard InChI is InChI=1S/C34H25N5O9S/c1-45-30-15-25(48-49(42,43)44)16-31-32(30)28(40)17-29(47-31)22-10-7-11-24(14-22)46-19-23-18-38(37-36-23)20-39-33(21-8-3-2-4-9-21)35-27-13-6-5-12-26(27)34(39)41/h2-18H,19-20H2,1H3,(H,42,43,44). The number of aromatic nitrogens is 5. The third kappa shape index (κ3) is 6.60. The number of ether oxygens (including phenoxy) is 2. The van der Waals surface area contributed by atoms with Crippen LogP contribution in [-0.4, -0.2) is 44.6 Å². The minimum Gasteiger partial charge on any atom is -0.496 e. The van der Waals surface area contributed by atoms with Crippen LogP contribution in [0.4, 0.5) is 0 Å². The summed E-state index contributed by atoms with van der Waals surface area (Å²) in [5.74, 6) is 0.770. The minimum atomic E-state index is -4.84. The number of hydrogen-bond acceptors (Lipinski definition) is 11. The minimum absolute atomic E-state index is 0.000348. The highest BCUT2D eigenvalue weighted by atomic mass is 32.3. The van der Waals surface area contributed by atoms with Crippen LogP contribution < -0.4 is 24.6 Å². The lowest BCUT2D eigenvalue weighted by molar-refractivity contribution is 0.301. The van der Waals surface area contributed by atoms with E-state index in [2.05, 4.69) is 14.5 Å². The Morgan fingerprint density at radius 3 is 2.45 bits per heavy atom. The van der Waals surface area contributed by atoms with E-state index in [9.17, 15) is 18.0 Å². The first-order valence-corrected chi connectivity index (χ1v) is 16.0. The molecule has 1 N–H and O–H groups in total. The molecule has 7 aromatic rings. The van der Waals surface area contributed by atoms with Crippen molar-refractivity contribution in [1.29, 1.82) is 0 Å². The maximum atomic E-state index is 13.6. The molecule has 4 aromatic carbocycles. The van der Waals surface area contributed by atoms with Gasteiger partial charge in [-0.3, -0.25) is 18.7 Å². The molecule has 0 aliphatic rings. The first-order chi connectivity index (χ1) is 23.6. The van der Waals surface area contributed by atoms with E-state index in [1.807, 2.05) is 36.4 Å². The summed E-state index contributed by atoms with van der Waals surface area (Å²) in [6.07, 6.45) is 1.67. The Morgan fingerprint density at radius 2 is 1.65 bits per heavy atom. The van der Waals surface area contributed by atoms with Gasteiger partial charge in [-0.25, -0.2) is 9.67 Å². The zero-order chi connectivity index (χ0) is 34.1. The van der Waals surface area contributed by atoms with E-state index in [0.29, 0.717) is 33.7 Å². The topological polar surface area (TPSA) is 178 Å². The fraction of sp³-hybridized carbons (Fsp3) is 0.0882. The largest absolute Gasteiger partial charge is 0.496 e. The van der Waals surface area contributed by atoms with E-state index in [4.69, 9.17) is 23.4 Å². The molecule has 0 aliphatic carbocycles. The van der Waals surface area contributed by atoms with Crippen molar-refractivity contribution >= 4 is 32.3 Å². The van der Waals surface area contributed by atoms with Gasteiger partial charge in [0.15, 0.2) is 11.2 Å². The fourth-order valence-electron chi connectivity index (χ4n) is 5.32. The van der Waals surface area contributed by atoms with Crippen molar-refractivity contribution in [3.8, 4) is 40.0 Å². The van der Waals surface area contributed by atoms with Gasteiger partial charge in [0.1, 0.15) is 53.0 Å².